The van der Waals surface area contributed by atoms with E-state index in [2.05, 4.69) is 18.3 Å². The summed E-state index contributed by atoms with van der Waals surface area (Å²) in [5.41, 5.74) is 1.44. The molecular formula is C21H18N2O4S. The predicted molar refractivity (Wildman–Crippen MR) is 107 cm³/mol. The van der Waals surface area contributed by atoms with Crippen LogP contribution >= 0.6 is 11.3 Å². The number of nitrogens with zero attached hydrogens (tertiary/aromatic N) is 1. The molecule has 1 atom stereocenters. The molecule has 0 spiro atoms. The second-order valence-electron chi connectivity index (χ2n) is 6.96. The average molecular weight is 394 g/mol. The standard InChI is InChI=1S/C21H18N2O4S/c1-11-3-5-14-16(10-22)21(28-18(14)7-11)23-20(25)15-9-19(24)27-17-8-12(26-2)4-6-13(15)17/h4,6,8-9,11H,3,5,7H2,1-2H3,(H,23,25). The van der Waals surface area contributed by atoms with E-state index in [0.717, 1.165) is 29.7 Å². The molecule has 1 amide bonds. The maximum absolute atomic E-state index is 13.0. The summed E-state index contributed by atoms with van der Waals surface area (Å²) >= 11 is 1.45. The fourth-order valence-electron chi connectivity index (χ4n) is 3.59. The third kappa shape index (κ3) is 3.16. The molecule has 0 aliphatic heterocycles. The van der Waals surface area contributed by atoms with E-state index in [0.29, 0.717) is 27.6 Å². The highest BCUT2D eigenvalue weighted by molar-refractivity contribution is 7.16. The lowest BCUT2D eigenvalue weighted by Gasteiger charge is -2.17. The fourth-order valence-corrected chi connectivity index (χ4v) is 4.94. The van der Waals surface area contributed by atoms with Crippen molar-refractivity contribution in [2.75, 3.05) is 12.4 Å². The molecule has 1 aliphatic rings. The van der Waals surface area contributed by atoms with Crippen LogP contribution in [-0.2, 0) is 12.8 Å². The van der Waals surface area contributed by atoms with Crippen molar-refractivity contribution in [2.45, 2.75) is 26.2 Å². The Morgan fingerprint density at radius 3 is 2.96 bits per heavy atom. The van der Waals surface area contributed by atoms with E-state index in [1.165, 1.54) is 24.5 Å². The summed E-state index contributed by atoms with van der Waals surface area (Å²) in [6.45, 7) is 2.19. The lowest BCUT2D eigenvalue weighted by atomic mass is 9.88. The zero-order chi connectivity index (χ0) is 19.8. The average Bonchev–Trinajstić information content (AvgIpc) is 3.02. The maximum Gasteiger partial charge on any atom is 0.337 e. The van der Waals surface area contributed by atoms with Crippen molar-refractivity contribution in [1.82, 2.24) is 0 Å². The Balaban J connectivity index is 1.74. The molecule has 3 aromatic rings. The van der Waals surface area contributed by atoms with Crippen LogP contribution in [0.15, 0.2) is 33.5 Å². The Bertz CT molecular complexity index is 1190. The summed E-state index contributed by atoms with van der Waals surface area (Å²) in [5, 5.41) is 13.5. The summed E-state index contributed by atoms with van der Waals surface area (Å²) in [6.07, 6.45) is 2.81. The van der Waals surface area contributed by atoms with Gasteiger partial charge in [-0.15, -0.1) is 11.3 Å². The van der Waals surface area contributed by atoms with Gasteiger partial charge in [0.25, 0.3) is 5.91 Å². The molecular weight excluding hydrogens is 376 g/mol. The molecule has 0 saturated heterocycles. The molecule has 0 bridgehead atoms. The maximum atomic E-state index is 13.0. The molecule has 0 radical (unpaired) electrons. The highest BCUT2D eigenvalue weighted by Crippen LogP contribution is 2.39. The topological polar surface area (TPSA) is 92.3 Å². The predicted octanol–water partition coefficient (Wildman–Crippen LogP) is 4.11. The van der Waals surface area contributed by atoms with Crippen molar-refractivity contribution in [2.24, 2.45) is 5.92 Å². The van der Waals surface area contributed by atoms with Crippen LogP contribution in [0.4, 0.5) is 5.00 Å². The van der Waals surface area contributed by atoms with E-state index in [1.54, 1.807) is 18.2 Å². The van der Waals surface area contributed by atoms with Crippen LogP contribution in [-0.4, -0.2) is 13.0 Å². The quantitative estimate of drug-likeness (QED) is 0.675. The molecule has 0 saturated carbocycles. The lowest BCUT2D eigenvalue weighted by molar-refractivity contribution is 0.102. The highest BCUT2D eigenvalue weighted by Gasteiger charge is 2.25. The normalized spacial score (nSPS) is 15.7. The van der Waals surface area contributed by atoms with Crippen LogP contribution in [0.25, 0.3) is 11.0 Å². The number of anilines is 1. The van der Waals surface area contributed by atoms with Gasteiger partial charge in [-0.3, -0.25) is 4.79 Å². The minimum Gasteiger partial charge on any atom is -0.497 e. The first kappa shape index (κ1) is 18.3. The Hall–Kier alpha value is -3.11. The fraction of sp³-hybridized carbons (Fsp3) is 0.286. The molecule has 0 fully saturated rings. The van der Waals surface area contributed by atoms with Crippen LogP contribution in [0, 0.1) is 17.2 Å². The van der Waals surface area contributed by atoms with Gasteiger partial charge in [0, 0.05) is 22.4 Å². The largest absolute Gasteiger partial charge is 0.497 e. The molecule has 1 N–H and O–H groups in total. The van der Waals surface area contributed by atoms with Gasteiger partial charge in [-0.25, -0.2) is 4.79 Å². The molecule has 4 rings (SSSR count). The lowest BCUT2D eigenvalue weighted by Crippen LogP contribution is -2.15. The smallest absolute Gasteiger partial charge is 0.337 e. The summed E-state index contributed by atoms with van der Waals surface area (Å²) < 4.78 is 10.3. The number of rotatable bonds is 3. The Kier molecular flexibility index (Phi) is 4.65. The number of nitrogens with one attached hydrogen (secondary N) is 1. The number of fused-ring (bicyclic) bond motifs is 2. The van der Waals surface area contributed by atoms with Gasteiger partial charge < -0.3 is 14.5 Å². The van der Waals surface area contributed by atoms with Crippen molar-refractivity contribution >= 4 is 33.2 Å². The van der Waals surface area contributed by atoms with Gasteiger partial charge in [0.15, 0.2) is 0 Å². The first-order chi connectivity index (χ1) is 13.5. The van der Waals surface area contributed by atoms with Gasteiger partial charge in [-0.05, 0) is 42.9 Å². The van der Waals surface area contributed by atoms with Gasteiger partial charge >= 0.3 is 5.63 Å². The molecule has 2 aromatic heterocycles. The van der Waals surface area contributed by atoms with Crippen molar-refractivity contribution in [3.63, 3.8) is 0 Å². The molecule has 1 unspecified atom stereocenters. The van der Waals surface area contributed by atoms with E-state index < -0.39 is 11.5 Å². The number of hydrogen-bond acceptors (Lipinski definition) is 6. The van der Waals surface area contributed by atoms with Gasteiger partial charge in [0.1, 0.15) is 22.4 Å². The van der Waals surface area contributed by atoms with Gasteiger partial charge in [0.05, 0.1) is 18.2 Å². The summed E-state index contributed by atoms with van der Waals surface area (Å²) in [7, 11) is 1.51. The first-order valence-corrected chi connectivity index (χ1v) is 9.79. The van der Waals surface area contributed by atoms with E-state index >= 15 is 0 Å². The first-order valence-electron chi connectivity index (χ1n) is 8.98. The van der Waals surface area contributed by atoms with Crippen LogP contribution in [0.3, 0.4) is 0 Å². The van der Waals surface area contributed by atoms with Crippen molar-refractivity contribution in [3.05, 3.63) is 56.3 Å². The van der Waals surface area contributed by atoms with Gasteiger partial charge in [-0.1, -0.05) is 6.92 Å². The number of carbonyl (C=O) groups excluding carboxylic acids is 1. The van der Waals surface area contributed by atoms with Crippen LogP contribution in [0.1, 0.15) is 39.7 Å². The highest BCUT2D eigenvalue weighted by atomic mass is 32.1. The number of nitriles is 1. The van der Waals surface area contributed by atoms with Crippen LogP contribution < -0.4 is 15.7 Å². The summed E-state index contributed by atoms with van der Waals surface area (Å²) in [4.78, 5) is 26.1. The van der Waals surface area contributed by atoms with Crippen LogP contribution in [0.5, 0.6) is 5.75 Å². The molecule has 7 heteroatoms. The molecule has 142 valence electrons. The molecule has 1 aromatic carbocycles. The van der Waals surface area contributed by atoms with E-state index in [-0.39, 0.29) is 11.1 Å². The molecule has 2 heterocycles. The van der Waals surface area contributed by atoms with Crippen molar-refractivity contribution in [1.29, 1.82) is 5.26 Å². The number of carbonyl (C=O) groups is 1. The van der Waals surface area contributed by atoms with E-state index in [9.17, 15) is 14.9 Å². The third-order valence-electron chi connectivity index (χ3n) is 5.05. The van der Waals surface area contributed by atoms with E-state index in [1.807, 2.05) is 0 Å². The minimum atomic E-state index is -0.620. The second kappa shape index (κ2) is 7.13. The number of hydrogen-bond donors (Lipinski definition) is 1. The zero-order valence-electron chi connectivity index (χ0n) is 15.5. The minimum absolute atomic E-state index is 0.206. The second-order valence-corrected chi connectivity index (χ2v) is 8.07. The number of thiophene rings is 1. The Morgan fingerprint density at radius 1 is 1.39 bits per heavy atom. The number of benzene rings is 1. The Labute approximate surface area is 165 Å². The van der Waals surface area contributed by atoms with Gasteiger partial charge in [-0.2, -0.15) is 5.26 Å². The molecule has 1 aliphatic carbocycles. The third-order valence-corrected chi connectivity index (χ3v) is 6.22. The SMILES string of the molecule is COc1ccc2c(C(=O)Nc3sc4c(c3C#N)CCC(C)C4)cc(=O)oc2c1. The summed E-state index contributed by atoms with van der Waals surface area (Å²) in [6, 6.07) is 8.36. The number of methoxy groups -OCH3 is 1. The van der Waals surface area contributed by atoms with Crippen LogP contribution in [0.2, 0.25) is 0 Å². The monoisotopic (exact) mass is 394 g/mol. The molecule has 6 nitrogen and oxygen atoms in total. The molecule has 28 heavy (non-hydrogen) atoms. The van der Waals surface area contributed by atoms with E-state index in [4.69, 9.17) is 9.15 Å². The Morgan fingerprint density at radius 2 is 2.21 bits per heavy atom. The van der Waals surface area contributed by atoms with Gasteiger partial charge in [0.2, 0.25) is 0 Å². The number of amides is 1. The summed E-state index contributed by atoms with van der Waals surface area (Å²) in [5.74, 6) is 0.658. The number of ether oxygens (including phenoxy) is 1. The zero-order valence-corrected chi connectivity index (χ0v) is 16.3. The van der Waals surface area contributed by atoms with Crippen molar-refractivity contribution in [3.8, 4) is 11.8 Å². The van der Waals surface area contributed by atoms with Crippen molar-refractivity contribution < 1.29 is 13.9 Å².